The lowest BCUT2D eigenvalue weighted by Gasteiger charge is -2.18. The molecule has 0 aliphatic rings. The van der Waals surface area contributed by atoms with Crippen LogP contribution < -0.4 is 10.4 Å². The van der Waals surface area contributed by atoms with Gasteiger partial charge in [0.15, 0.2) is 0 Å². The summed E-state index contributed by atoms with van der Waals surface area (Å²) in [5.74, 6) is 0. The Labute approximate surface area is 92.5 Å². The van der Waals surface area contributed by atoms with Crippen LogP contribution in [0.5, 0.6) is 0 Å². The van der Waals surface area contributed by atoms with Gasteiger partial charge in [0, 0.05) is 14.1 Å². The molecule has 0 fully saturated rings. The second-order valence-electron chi connectivity index (χ2n) is 2.83. The molecule has 86 valence electrons. The van der Waals surface area contributed by atoms with Gasteiger partial charge in [-0.15, -0.1) is 12.4 Å². The highest BCUT2D eigenvalue weighted by atomic mass is 35.5. The first-order valence-corrected chi connectivity index (χ1v) is 4.03. The molecule has 0 atom stereocenters. The number of nitrogens with zero attached hydrogens (tertiary/aromatic N) is 1. The van der Waals surface area contributed by atoms with Gasteiger partial charge in [-0.25, -0.2) is 5.43 Å². The number of rotatable bonds is 2. The average molecular weight is 241 g/mol. The zero-order chi connectivity index (χ0) is 10.8. The summed E-state index contributed by atoms with van der Waals surface area (Å²) in [6.45, 7) is 0. The minimum absolute atomic E-state index is 0. The van der Waals surface area contributed by atoms with Crippen molar-refractivity contribution in [3.05, 3.63) is 29.8 Å². The van der Waals surface area contributed by atoms with Crippen molar-refractivity contribution < 1.29 is 13.2 Å². The van der Waals surface area contributed by atoms with Crippen molar-refractivity contribution in [1.29, 1.82) is 0 Å². The first kappa shape index (κ1) is 14.1. The van der Waals surface area contributed by atoms with Crippen molar-refractivity contribution >= 4 is 18.1 Å². The number of benzene rings is 1. The second kappa shape index (κ2) is 5.23. The molecule has 0 radical (unpaired) electrons. The number of hydrogen-bond donors (Lipinski definition) is 1. The van der Waals surface area contributed by atoms with Gasteiger partial charge in [-0.2, -0.15) is 13.2 Å². The summed E-state index contributed by atoms with van der Waals surface area (Å²) >= 11 is 0. The zero-order valence-corrected chi connectivity index (χ0v) is 9.12. The molecule has 0 aromatic heterocycles. The van der Waals surface area contributed by atoms with Crippen molar-refractivity contribution in [3.8, 4) is 0 Å². The highest BCUT2D eigenvalue weighted by Crippen LogP contribution is 2.30. The third kappa shape index (κ3) is 3.60. The van der Waals surface area contributed by atoms with Gasteiger partial charge >= 0.3 is 6.18 Å². The molecule has 2 nitrogen and oxygen atoms in total. The molecule has 15 heavy (non-hydrogen) atoms. The van der Waals surface area contributed by atoms with Gasteiger partial charge in [0.25, 0.3) is 0 Å². The van der Waals surface area contributed by atoms with Gasteiger partial charge in [0.1, 0.15) is 0 Å². The molecular formula is C9H12ClF3N2. The van der Waals surface area contributed by atoms with E-state index in [1.54, 1.807) is 20.2 Å². The molecule has 0 heterocycles. The fraction of sp³-hybridized carbons (Fsp3) is 0.333. The quantitative estimate of drug-likeness (QED) is 0.800. The molecule has 0 unspecified atom stereocenters. The number of alkyl halides is 3. The van der Waals surface area contributed by atoms with Crippen molar-refractivity contribution in [1.82, 2.24) is 5.43 Å². The third-order valence-electron chi connectivity index (χ3n) is 1.90. The number of halogens is 4. The summed E-state index contributed by atoms with van der Waals surface area (Å²) in [5.41, 5.74) is 2.56. The maximum absolute atomic E-state index is 12.3. The normalized spacial score (nSPS) is 10.7. The number of hydrogen-bond acceptors (Lipinski definition) is 2. The minimum atomic E-state index is -4.29. The minimum Gasteiger partial charge on any atom is -0.312 e. The number of hydrazine groups is 1. The van der Waals surface area contributed by atoms with Crippen molar-refractivity contribution in [3.63, 3.8) is 0 Å². The van der Waals surface area contributed by atoms with Crippen LogP contribution in [0.2, 0.25) is 0 Å². The molecule has 0 spiro atoms. The van der Waals surface area contributed by atoms with Gasteiger partial charge in [0.2, 0.25) is 0 Å². The third-order valence-corrected chi connectivity index (χ3v) is 1.90. The summed E-state index contributed by atoms with van der Waals surface area (Å²) in [4.78, 5) is 0. The summed E-state index contributed by atoms with van der Waals surface area (Å²) in [7, 11) is 3.29. The fourth-order valence-corrected chi connectivity index (χ4v) is 1.02. The second-order valence-corrected chi connectivity index (χ2v) is 2.83. The van der Waals surface area contributed by atoms with Gasteiger partial charge in [-0.1, -0.05) is 6.07 Å². The molecule has 1 aromatic carbocycles. The molecule has 0 saturated carbocycles. The van der Waals surface area contributed by atoms with E-state index < -0.39 is 11.7 Å². The van der Waals surface area contributed by atoms with Crippen LogP contribution in [0.1, 0.15) is 5.56 Å². The first-order valence-electron chi connectivity index (χ1n) is 4.03. The standard InChI is InChI=1S/C9H11F3N2.ClH/c1-13-14(2)8-5-3-4-7(6-8)9(10,11)12;/h3-6,13H,1-2H3;1H. The van der Waals surface area contributed by atoms with Crippen LogP contribution in [0.3, 0.4) is 0 Å². The Balaban J connectivity index is 0.00000196. The predicted molar refractivity (Wildman–Crippen MR) is 56.2 cm³/mol. The van der Waals surface area contributed by atoms with Gasteiger partial charge in [0.05, 0.1) is 11.3 Å². The molecule has 0 aliphatic heterocycles. The van der Waals surface area contributed by atoms with E-state index in [0.29, 0.717) is 5.69 Å². The van der Waals surface area contributed by atoms with E-state index >= 15 is 0 Å². The highest BCUT2D eigenvalue weighted by Gasteiger charge is 2.30. The molecule has 0 bridgehead atoms. The van der Waals surface area contributed by atoms with E-state index in [2.05, 4.69) is 5.43 Å². The average Bonchev–Trinajstić information content (AvgIpc) is 2.15. The van der Waals surface area contributed by atoms with Crippen LogP contribution in [0, 0.1) is 0 Å². The van der Waals surface area contributed by atoms with E-state index in [0.717, 1.165) is 12.1 Å². The summed E-state index contributed by atoms with van der Waals surface area (Å²) in [6.07, 6.45) is -4.29. The van der Waals surface area contributed by atoms with Crippen LogP contribution in [0.25, 0.3) is 0 Å². The molecule has 0 saturated heterocycles. The Morgan fingerprint density at radius 3 is 2.33 bits per heavy atom. The lowest BCUT2D eigenvalue weighted by atomic mass is 10.2. The maximum Gasteiger partial charge on any atom is 0.416 e. The topological polar surface area (TPSA) is 15.3 Å². The Morgan fingerprint density at radius 1 is 1.27 bits per heavy atom. The largest absolute Gasteiger partial charge is 0.416 e. The van der Waals surface area contributed by atoms with Crippen LogP contribution in [0.4, 0.5) is 18.9 Å². The molecule has 1 aromatic rings. The van der Waals surface area contributed by atoms with E-state index in [1.807, 2.05) is 0 Å². The Bertz CT molecular complexity index is 314. The Kier molecular flexibility index (Phi) is 4.90. The van der Waals surface area contributed by atoms with E-state index in [1.165, 1.54) is 11.1 Å². The lowest BCUT2D eigenvalue weighted by molar-refractivity contribution is -0.137. The van der Waals surface area contributed by atoms with Gasteiger partial charge in [-0.05, 0) is 18.2 Å². The molecular weight excluding hydrogens is 229 g/mol. The molecule has 1 N–H and O–H groups in total. The highest BCUT2D eigenvalue weighted by molar-refractivity contribution is 5.85. The van der Waals surface area contributed by atoms with Crippen LogP contribution in [0.15, 0.2) is 24.3 Å². The Morgan fingerprint density at radius 2 is 1.87 bits per heavy atom. The summed E-state index contributed by atoms with van der Waals surface area (Å²) in [5, 5.41) is 1.51. The maximum atomic E-state index is 12.3. The zero-order valence-electron chi connectivity index (χ0n) is 8.30. The van der Waals surface area contributed by atoms with Crippen LogP contribution in [-0.2, 0) is 6.18 Å². The van der Waals surface area contributed by atoms with Crippen molar-refractivity contribution in [2.24, 2.45) is 0 Å². The SMILES string of the molecule is CNN(C)c1cccc(C(F)(F)F)c1.Cl. The number of nitrogens with one attached hydrogen (secondary N) is 1. The Hall–Kier alpha value is -0.940. The van der Waals surface area contributed by atoms with Gasteiger partial charge < -0.3 is 5.01 Å². The molecule has 0 amide bonds. The molecule has 6 heteroatoms. The molecule has 0 aliphatic carbocycles. The predicted octanol–water partition coefficient (Wildman–Crippen LogP) is 2.70. The van der Waals surface area contributed by atoms with E-state index in [-0.39, 0.29) is 12.4 Å². The lowest BCUT2D eigenvalue weighted by Crippen LogP contribution is -2.30. The van der Waals surface area contributed by atoms with Crippen LogP contribution in [-0.4, -0.2) is 14.1 Å². The first-order chi connectivity index (χ1) is 6.45. The fourth-order valence-electron chi connectivity index (χ4n) is 1.02. The monoisotopic (exact) mass is 240 g/mol. The van der Waals surface area contributed by atoms with Crippen molar-refractivity contribution in [2.75, 3.05) is 19.1 Å². The smallest absolute Gasteiger partial charge is 0.312 e. The van der Waals surface area contributed by atoms with E-state index in [4.69, 9.17) is 0 Å². The number of anilines is 1. The molecule has 1 rings (SSSR count). The van der Waals surface area contributed by atoms with Crippen LogP contribution >= 0.6 is 12.4 Å². The van der Waals surface area contributed by atoms with Crippen molar-refractivity contribution in [2.45, 2.75) is 6.18 Å². The van der Waals surface area contributed by atoms with Gasteiger partial charge in [-0.3, -0.25) is 0 Å². The summed E-state index contributed by atoms with van der Waals surface area (Å²) < 4.78 is 36.9. The van der Waals surface area contributed by atoms with E-state index in [9.17, 15) is 13.2 Å². The summed E-state index contributed by atoms with van der Waals surface area (Å²) in [6, 6.07) is 5.13.